The number of nitrogens with zero attached hydrogens (tertiary/aromatic N) is 6. The number of aryl methyl sites for hydroxylation is 1. The molecule has 0 spiro atoms. The third-order valence-corrected chi connectivity index (χ3v) is 6.70. The molecule has 1 aliphatic heterocycles. The van der Waals surface area contributed by atoms with Gasteiger partial charge in [0.25, 0.3) is 0 Å². The van der Waals surface area contributed by atoms with Gasteiger partial charge in [0, 0.05) is 30.6 Å². The fourth-order valence-corrected chi connectivity index (χ4v) is 5.05. The van der Waals surface area contributed by atoms with Crippen LogP contribution in [0.3, 0.4) is 0 Å². The van der Waals surface area contributed by atoms with E-state index in [2.05, 4.69) is 11.2 Å². The maximum Gasteiger partial charge on any atom is 0.410 e. The van der Waals surface area contributed by atoms with Gasteiger partial charge >= 0.3 is 6.09 Å². The van der Waals surface area contributed by atoms with Crippen molar-refractivity contribution in [2.45, 2.75) is 52.1 Å². The molecule has 10 heteroatoms. The molecule has 0 bridgehead atoms. The number of amides is 1. The largest absolute Gasteiger partial charge is 0.481 e. The molecule has 0 atom stereocenters. The van der Waals surface area contributed by atoms with Crippen molar-refractivity contribution in [2.75, 3.05) is 20.2 Å². The van der Waals surface area contributed by atoms with Crippen molar-refractivity contribution in [1.82, 2.24) is 29.1 Å². The van der Waals surface area contributed by atoms with Crippen LogP contribution in [0.1, 0.15) is 50.9 Å². The van der Waals surface area contributed by atoms with Crippen molar-refractivity contribution in [1.29, 1.82) is 0 Å². The molecule has 5 rings (SSSR count). The number of carbonyl (C=O) groups excluding carboxylic acids is 1. The summed E-state index contributed by atoms with van der Waals surface area (Å²) in [6, 6.07) is 6.03. The Morgan fingerprint density at radius 2 is 1.91 bits per heavy atom. The van der Waals surface area contributed by atoms with Crippen molar-refractivity contribution in [2.24, 2.45) is 0 Å². The molecule has 4 aromatic heterocycles. The van der Waals surface area contributed by atoms with Gasteiger partial charge in [-0.15, -0.1) is 0 Å². The summed E-state index contributed by atoms with van der Waals surface area (Å²) < 4.78 is 14.7. The average molecular weight is 469 g/mol. The summed E-state index contributed by atoms with van der Waals surface area (Å²) >= 11 is 1.55. The standard InChI is InChI=1S/C23H28N6O3S/c1-14-10-17-11-16(12-19(31-5)29(17)25-14)20-26-28-13-18(24-21(28)33-20)15-6-8-27(9-7-15)22(30)32-23(2,3)4/h10-13,15H,6-9H2,1-5H3. The van der Waals surface area contributed by atoms with Crippen LogP contribution in [0.2, 0.25) is 0 Å². The van der Waals surface area contributed by atoms with Gasteiger partial charge in [0.05, 0.1) is 30.2 Å². The molecular weight excluding hydrogens is 440 g/mol. The lowest BCUT2D eigenvalue weighted by Gasteiger charge is -2.32. The Bertz CT molecular complexity index is 1290. The van der Waals surface area contributed by atoms with Crippen molar-refractivity contribution in [3.05, 3.63) is 35.8 Å². The van der Waals surface area contributed by atoms with Gasteiger partial charge in [-0.3, -0.25) is 0 Å². The zero-order valence-electron chi connectivity index (χ0n) is 19.5. The number of fused-ring (bicyclic) bond motifs is 2. The maximum absolute atomic E-state index is 12.3. The normalized spacial score (nSPS) is 15.5. The lowest BCUT2D eigenvalue weighted by Crippen LogP contribution is -2.41. The minimum absolute atomic E-state index is 0.237. The number of carbonyl (C=O) groups is 1. The van der Waals surface area contributed by atoms with Gasteiger partial charge in [0.15, 0.2) is 0 Å². The summed E-state index contributed by atoms with van der Waals surface area (Å²) in [7, 11) is 1.64. The molecule has 9 nitrogen and oxygen atoms in total. The molecule has 1 fully saturated rings. The van der Waals surface area contributed by atoms with E-state index < -0.39 is 5.60 Å². The molecule has 0 aliphatic carbocycles. The third-order valence-electron chi connectivity index (χ3n) is 5.73. The number of likely N-dealkylation sites (tertiary alicyclic amines) is 1. The maximum atomic E-state index is 12.3. The fraction of sp³-hybridized carbons (Fsp3) is 0.478. The lowest BCUT2D eigenvalue weighted by molar-refractivity contribution is 0.0204. The molecule has 4 aromatic rings. The van der Waals surface area contributed by atoms with Crippen LogP contribution >= 0.6 is 11.3 Å². The van der Waals surface area contributed by atoms with E-state index in [4.69, 9.17) is 19.6 Å². The summed E-state index contributed by atoms with van der Waals surface area (Å²) in [6.07, 6.45) is 3.51. The molecule has 1 amide bonds. The molecule has 0 radical (unpaired) electrons. The Labute approximate surface area is 195 Å². The summed E-state index contributed by atoms with van der Waals surface area (Å²) in [6.45, 7) is 8.98. The number of imidazole rings is 1. The van der Waals surface area contributed by atoms with Crippen LogP contribution < -0.4 is 4.74 Å². The first kappa shape index (κ1) is 21.7. The second kappa shape index (κ2) is 8.02. The lowest BCUT2D eigenvalue weighted by atomic mass is 9.94. The van der Waals surface area contributed by atoms with E-state index in [0.29, 0.717) is 24.9 Å². The van der Waals surface area contributed by atoms with E-state index in [-0.39, 0.29) is 6.09 Å². The van der Waals surface area contributed by atoms with Crippen LogP contribution in [0, 0.1) is 6.92 Å². The van der Waals surface area contributed by atoms with Gasteiger partial charge < -0.3 is 14.4 Å². The van der Waals surface area contributed by atoms with E-state index in [1.54, 1.807) is 27.9 Å². The number of aromatic nitrogens is 5. The predicted molar refractivity (Wildman–Crippen MR) is 126 cm³/mol. The van der Waals surface area contributed by atoms with Crippen LogP contribution in [0.4, 0.5) is 4.79 Å². The van der Waals surface area contributed by atoms with E-state index in [1.165, 1.54) is 0 Å². The topological polar surface area (TPSA) is 86.3 Å². The van der Waals surface area contributed by atoms with Crippen molar-refractivity contribution < 1.29 is 14.3 Å². The fourth-order valence-electron chi connectivity index (χ4n) is 4.18. The molecule has 0 N–H and O–H groups in total. The molecule has 1 aliphatic rings. The summed E-state index contributed by atoms with van der Waals surface area (Å²) in [5.74, 6) is 0.980. The summed E-state index contributed by atoms with van der Waals surface area (Å²) in [5.41, 5.74) is 3.43. The van der Waals surface area contributed by atoms with Crippen molar-refractivity contribution in [3.8, 4) is 16.5 Å². The zero-order chi connectivity index (χ0) is 23.3. The molecule has 5 heterocycles. The van der Waals surface area contributed by atoms with Crippen LogP contribution in [-0.4, -0.2) is 61.0 Å². The number of pyridine rings is 1. The molecule has 1 saturated heterocycles. The number of hydrogen-bond donors (Lipinski definition) is 0. The van der Waals surface area contributed by atoms with Gasteiger partial charge in [-0.1, -0.05) is 11.3 Å². The predicted octanol–water partition coefficient (Wildman–Crippen LogP) is 4.54. The number of piperidine rings is 1. The van der Waals surface area contributed by atoms with Gasteiger partial charge in [0.2, 0.25) is 10.8 Å². The Morgan fingerprint density at radius 3 is 2.58 bits per heavy atom. The van der Waals surface area contributed by atoms with Gasteiger partial charge in [0.1, 0.15) is 10.6 Å². The zero-order valence-corrected chi connectivity index (χ0v) is 20.3. The minimum atomic E-state index is -0.475. The van der Waals surface area contributed by atoms with E-state index in [9.17, 15) is 4.79 Å². The van der Waals surface area contributed by atoms with Crippen LogP contribution in [-0.2, 0) is 4.74 Å². The Balaban J connectivity index is 1.33. The van der Waals surface area contributed by atoms with E-state index >= 15 is 0 Å². The Hall–Kier alpha value is -3.14. The molecule has 0 saturated carbocycles. The first-order valence-electron chi connectivity index (χ1n) is 11.1. The highest BCUT2D eigenvalue weighted by atomic mass is 32.1. The molecule has 0 aromatic carbocycles. The molecule has 33 heavy (non-hydrogen) atoms. The average Bonchev–Trinajstić information content (AvgIpc) is 3.43. The van der Waals surface area contributed by atoms with Crippen LogP contribution in [0.15, 0.2) is 24.4 Å². The SMILES string of the molecule is COc1cc(-c2nn3cc(C4CCN(C(=O)OC(C)(C)C)CC4)nc3s2)cc2cc(C)nn12. The van der Waals surface area contributed by atoms with Gasteiger partial charge in [-0.25, -0.2) is 18.8 Å². The first-order valence-corrected chi connectivity index (χ1v) is 11.9. The quantitative estimate of drug-likeness (QED) is 0.439. The first-order chi connectivity index (χ1) is 15.7. The number of methoxy groups -OCH3 is 1. The van der Waals surface area contributed by atoms with Crippen LogP contribution in [0.25, 0.3) is 21.0 Å². The third kappa shape index (κ3) is 4.27. The second-order valence-electron chi connectivity index (χ2n) is 9.45. The highest BCUT2D eigenvalue weighted by Crippen LogP contribution is 2.33. The van der Waals surface area contributed by atoms with Crippen molar-refractivity contribution in [3.63, 3.8) is 0 Å². The van der Waals surface area contributed by atoms with Crippen molar-refractivity contribution >= 4 is 27.9 Å². The monoisotopic (exact) mass is 468 g/mol. The summed E-state index contributed by atoms with van der Waals surface area (Å²) in [4.78, 5) is 19.8. The van der Waals surface area contributed by atoms with E-state index in [1.807, 2.05) is 50.5 Å². The molecule has 0 unspecified atom stereocenters. The minimum Gasteiger partial charge on any atom is -0.481 e. The van der Waals surface area contributed by atoms with Gasteiger partial charge in [-0.2, -0.15) is 10.2 Å². The number of ether oxygens (including phenoxy) is 2. The Kier molecular flexibility index (Phi) is 5.27. The highest BCUT2D eigenvalue weighted by Gasteiger charge is 2.29. The Morgan fingerprint density at radius 1 is 1.15 bits per heavy atom. The van der Waals surface area contributed by atoms with E-state index in [0.717, 1.165) is 45.3 Å². The number of hydrogen-bond acceptors (Lipinski definition) is 7. The smallest absolute Gasteiger partial charge is 0.410 e. The second-order valence-corrected chi connectivity index (χ2v) is 10.4. The number of rotatable bonds is 3. The molecule has 174 valence electrons. The molecular formula is C23H28N6O3S. The summed E-state index contributed by atoms with van der Waals surface area (Å²) in [5, 5.41) is 10.1. The van der Waals surface area contributed by atoms with Crippen LogP contribution in [0.5, 0.6) is 5.88 Å². The van der Waals surface area contributed by atoms with Gasteiger partial charge in [-0.05, 0) is 52.7 Å². The highest BCUT2D eigenvalue weighted by molar-refractivity contribution is 7.19.